The minimum atomic E-state index is 0.668. The van der Waals surface area contributed by atoms with E-state index < -0.39 is 0 Å². The maximum Gasteiger partial charge on any atom is 0.124 e. The molecule has 0 fully saturated rings. The molecule has 0 amide bonds. The Hall–Kier alpha value is -1.00. The number of hydrogen-bond donors (Lipinski definition) is 1. The summed E-state index contributed by atoms with van der Waals surface area (Å²) in [5.41, 5.74) is 8.68. The molecule has 1 aromatic heterocycles. The lowest BCUT2D eigenvalue weighted by atomic mass is 10.1. The second-order valence-electron chi connectivity index (χ2n) is 3.61. The molecule has 5 heteroatoms. The van der Waals surface area contributed by atoms with Crippen LogP contribution in [0.15, 0.2) is 22.7 Å². The molecule has 0 radical (unpaired) electrons. The molecule has 0 atom stereocenters. The molecule has 3 nitrogen and oxygen atoms in total. The van der Waals surface area contributed by atoms with Crippen molar-refractivity contribution in [1.82, 2.24) is 9.78 Å². The average molecular weight is 301 g/mol. The fourth-order valence-corrected chi connectivity index (χ4v) is 1.99. The third kappa shape index (κ3) is 1.83. The molecule has 0 aliphatic heterocycles. The van der Waals surface area contributed by atoms with Gasteiger partial charge in [0.05, 0.1) is 10.7 Å². The van der Waals surface area contributed by atoms with E-state index in [1.165, 1.54) is 0 Å². The molecule has 0 aliphatic rings. The maximum absolute atomic E-state index is 6.05. The highest BCUT2D eigenvalue weighted by Gasteiger charge is 2.12. The van der Waals surface area contributed by atoms with Gasteiger partial charge in [0.1, 0.15) is 5.82 Å². The van der Waals surface area contributed by atoms with Gasteiger partial charge in [-0.1, -0.05) is 17.7 Å². The monoisotopic (exact) mass is 299 g/mol. The van der Waals surface area contributed by atoms with E-state index in [2.05, 4.69) is 21.0 Å². The molecule has 0 spiro atoms. The van der Waals surface area contributed by atoms with Crippen molar-refractivity contribution in [2.45, 2.75) is 6.92 Å². The highest BCUT2D eigenvalue weighted by atomic mass is 79.9. The molecular formula is C11H11BrClN3. The summed E-state index contributed by atoms with van der Waals surface area (Å²) in [6.45, 7) is 1.95. The predicted octanol–water partition coefficient (Wildman–Crippen LogP) is 3.39. The van der Waals surface area contributed by atoms with Crippen molar-refractivity contribution >= 4 is 33.3 Å². The second-order valence-corrected chi connectivity index (χ2v) is 4.87. The van der Waals surface area contributed by atoms with Gasteiger partial charge in [-0.3, -0.25) is 4.68 Å². The minimum absolute atomic E-state index is 0.668. The highest BCUT2D eigenvalue weighted by molar-refractivity contribution is 9.10. The smallest absolute Gasteiger partial charge is 0.124 e. The number of nitrogens with two attached hydrogens (primary N) is 1. The van der Waals surface area contributed by atoms with E-state index in [0.717, 1.165) is 21.3 Å². The number of hydrogen-bond acceptors (Lipinski definition) is 2. The van der Waals surface area contributed by atoms with Crippen molar-refractivity contribution in [3.05, 3.63) is 33.3 Å². The lowest BCUT2D eigenvalue weighted by Crippen LogP contribution is -1.97. The number of rotatable bonds is 1. The van der Waals surface area contributed by atoms with Crippen LogP contribution in [0.25, 0.3) is 11.3 Å². The summed E-state index contributed by atoms with van der Waals surface area (Å²) in [4.78, 5) is 0. The van der Waals surface area contributed by atoms with Gasteiger partial charge < -0.3 is 5.73 Å². The molecule has 0 bridgehead atoms. The predicted molar refractivity (Wildman–Crippen MR) is 70.5 cm³/mol. The molecule has 84 valence electrons. The van der Waals surface area contributed by atoms with Gasteiger partial charge in [-0.2, -0.15) is 5.10 Å². The summed E-state index contributed by atoms with van der Waals surface area (Å²) in [6, 6.07) is 5.74. The fraction of sp³-hybridized carbons (Fsp3) is 0.182. The number of aromatic nitrogens is 2. The van der Waals surface area contributed by atoms with E-state index in [-0.39, 0.29) is 0 Å². The van der Waals surface area contributed by atoms with Crippen LogP contribution < -0.4 is 5.73 Å². The second kappa shape index (κ2) is 4.11. The zero-order valence-corrected chi connectivity index (χ0v) is 11.3. The van der Waals surface area contributed by atoms with Crippen molar-refractivity contribution in [3.8, 4) is 11.3 Å². The van der Waals surface area contributed by atoms with E-state index in [4.69, 9.17) is 17.3 Å². The maximum atomic E-state index is 6.05. The Morgan fingerprint density at radius 3 is 2.62 bits per heavy atom. The Morgan fingerprint density at radius 1 is 1.44 bits per heavy atom. The molecule has 2 rings (SSSR count). The molecule has 0 aliphatic carbocycles. The molecule has 0 saturated heterocycles. The highest BCUT2D eigenvalue weighted by Crippen LogP contribution is 2.31. The fourth-order valence-electron chi connectivity index (χ4n) is 1.56. The number of aryl methyl sites for hydroxylation is 1. The van der Waals surface area contributed by atoms with Gasteiger partial charge in [-0.15, -0.1) is 0 Å². The van der Waals surface area contributed by atoms with Crippen molar-refractivity contribution in [3.63, 3.8) is 0 Å². The zero-order chi connectivity index (χ0) is 11.9. The quantitative estimate of drug-likeness (QED) is 0.877. The van der Waals surface area contributed by atoms with Gasteiger partial charge in [0.25, 0.3) is 0 Å². The largest absolute Gasteiger partial charge is 0.384 e. The molecule has 2 N–H and O–H groups in total. The van der Waals surface area contributed by atoms with Crippen molar-refractivity contribution < 1.29 is 0 Å². The van der Waals surface area contributed by atoms with Crippen LogP contribution in [-0.4, -0.2) is 9.78 Å². The van der Waals surface area contributed by atoms with E-state index in [9.17, 15) is 0 Å². The van der Waals surface area contributed by atoms with Crippen LogP contribution in [0, 0.1) is 6.92 Å². The molecule has 2 aromatic rings. The van der Waals surface area contributed by atoms with E-state index in [1.807, 2.05) is 32.2 Å². The molecule has 1 heterocycles. The Labute approximate surface area is 107 Å². The first-order valence-corrected chi connectivity index (χ1v) is 5.92. The summed E-state index contributed by atoms with van der Waals surface area (Å²) in [7, 11) is 1.83. The number of halogens is 2. The van der Waals surface area contributed by atoms with Gasteiger partial charge in [0, 0.05) is 22.6 Å². The van der Waals surface area contributed by atoms with Crippen LogP contribution in [0.4, 0.5) is 5.82 Å². The first-order valence-electron chi connectivity index (χ1n) is 4.75. The lowest BCUT2D eigenvalue weighted by molar-refractivity contribution is 0.782. The summed E-state index contributed by atoms with van der Waals surface area (Å²) in [6.07, 6.45) is 0. The Bertz CT molecular complexity index is 548. The van der Waals surface area contributed by atoms with Crippen LogP contribution in [0.2, 0.25) is 5.02 Å². The number of nitrogen functional groups attached to an aromatic ring is 1. The third-order valence-corrected chi connectivity index (χ3v) is 3.76. The van der Waals surface area contributed by atoms with Crippen LogP contribution in [0.1, 0.15) is 5.56 Å². The Morgan fingerprint density at radius 2 is 2.12 bits per heavy atom. The van der Waals surface area contributed by atoms with Crippen LogP contribution >= 0.6 is 27.5 Å². The van der Waals surface area contributed by atoms with Gasteiger partial charge >= 0.3 is 0 Å². The first kappa shape index (κ1) is 11.5. The summed E-state index contributed by atoms with van der Waals surface area (Å²) in [5.74, 6) is 0.675. The van der Waals surface area contributed by atoms with Gasteiger partial charge in [-0.25, -0.2) is 0 Å². The van der Waals surface area contributed by atoms with E-state index in [1.54, 1.807) is 4.68 Å². The number of anilines is 1. The molecular weight excluding hydrogens is 289 g/mol. The van der Waals surface area contributed by atoms with Crippen LogP contribution in [0.3, 0.4) is 0 Å². The molecule has 1 aromatic carbocycles. The van der Waals surface area contributed by atoms with Crippen molar-refractivity contribution in [1.29, 1.82) is 0 Å². The molecule has 16 heavy (non-hydrogen) atoms. The standard InChI is InChI=1S/C11H11BrClN3/c1-6-10(15-16(2)11(6)14)7-3-4-8(12)9(13)5-7/h3-5H,14H2,1-2H3. The van der Waals surface area contributed by atoms with Crippen molar-refractivity contribution in [2.75, 3.05) is 5.73 Å². The normalized spacial score (nSPS) is 10.8. The Balaban J connectivity index is 2.59. The average Bonchev–Trinajstić information content (AvgIpc) is 2.50. The topological polar surface area (TPSA) is 43.8 Å². The van der Waals surface area contributed by atoms with Crippen LogP contribution in [0.5, 0.6) is 0 Å². The summed E-state index contributed by atoms with van der Waals surface area (Å²) in [5, 5.41) is 5.04. The summed E-state index contributed by atoms with van der Waals surface area (Å²) < 4.78 is 2.54. The third-order valence-electron chi connectivity index (χ3n) is 2.53. The SMILES string of the molecule is Cc1c(-c2ccc(Br)c(Cl)c2)nn(C)c1N. The summed E-state index contributed by atoms with van der Waals surface area (Å²) >= 11 is 9.41. The molecule has 0 unspecified atom stereocenters. The van der Waals surface area contributed by atoms with Crippen molar-refractivity contribution in [2.24, 2.45) is 7.05 Å². The minimum Gasteiger partial charge on any atom is -0.384 e. The molecule has 0 saturated carbocycles. The van der Waals surface area contributed by atoms with E-state index in [0.29, 0.717) is 10.8 Å². The zero-order valence-electron chi connectivity index (χ0n) is 8.96. The first-order chi connectivity index (χ1) is 7.50. The van der Waals surface area contributed by atoms with Gasteiger partial charge in [-0.05, 0) is 35.0 Å². The Kier molecular flexibility index (Phi) is 2.95. The van der Waals surface area contributed by atoms with Crippen LogP contribution in [-0.2, 0) is 7.05 Å². The van der Waals surface area contributed by atoms with Gasteiger partial charge in [0.15, 0.2) is 0 Å². The number of nitrogens with zero attached hydrogens (tertiary/aromatic N) is 2. The number of benzene rings is 1. The van der Waals surface area contributed by atoms with E-state index >= 15 is 0 Å². The lowest BCUT2D eigenvalue weighted by Gasteiger charge is -2.01. The van der Waals surface area contributed by atoms with Gasteiger partial charge in [0.2, 0.25) is 0 Å².